The first kappa shape index (κ1) is 10.7. The van der Waals surface area contributed by atoms with Crippen LogP contribution < -0.4 is 0 Å². The van der Waals surface area contributed by atoms with Crippen molar-refractivity contribution in [3.05, 3.63) is 35.9 Å². The largest absolute Gasteiger partial charge is 0.308 e. The molecule has 2 heteroatoms. The molecule has 0 N–H and O–H groups in total. The summed E-state index contributed by atoms with van der Waals surface area (Å²) in [5.41, 5.74) is 1.39. The number of hydrogen-bond acceptors (Lipinski definition) is 1. The van der Waals surface area contributed by atoms with Crippen molar-refractivity contribution in [2.75, 3.05) is 20.6 Å². The highest BCUT2D eigenvalue weighted by atomic mass is 79.9. The van der Waals surface area contributed by atoms with Gasteiger partial charge in [0.1, 0.15) is 0 Å². The molecule has 0 aliphatic rings. The summed E-state index contributed by atoms with van der Waals surface area (Å²) in [5.74, 6) is 0. The molecule has 1 unspecified atom stereocenters. The van der Waals surface area contributed by atoms with Crippen molar-refractivity contribution >= 4 is 15.9 Å². The van der Waals surface area contributed by atoms with E-state index >= 15 is 0 Å². The highest BCUT2D eigenvalue weighted by Crippen LogP contribution is 2.10. The maximum Gasteiger partial charge on any atom is 0.0313 e. The van der Waals surface area contributed by atoms with Crippen molar-refractivity contribution < 1.29 is 0 Å². The molecule has 0 bridgehead atoms. The number of alkyl halides is 1. The number of nitrogens with zero attached hydrogens (tertiary/aromatic N) is 1. The van der Waals surface area contributed by atoms with Crippen molar-refractivity contribution in [3.63, 3.8) is 0 Å². The highest BCUT2D eigenvalue weighted by molar-refractivity contribution is 9.09. The second-order valence-electron chi connectivity index (χ2n) is 3.55. The molecule has 0 amide bonds. The lowest BCUT2D eigenvalue weighted by atomic mass is 10.1. The zero-order chi connectivity index (χ0) is 9.68. The second-order valence-corrected chi connectivity index (χ2v) is 4.84. The van der Waals surface area contributed by atoms with Crippen LogP contribution in [-0.2, 0) is 6.42 Å². The van der Waals surface area contributed by atoms with E-state index in [1.54, 1.807) is 0 Å². The highest BCUT2D eigenvalue weighted by Gasteiger charge is 2.05. The van der Waals surface area contributed by atoms with Crippen LogP contribution in [-0.4, -0.2) is 30.4 Å². The zero-order valence-electron chi connectivity index (χ0n) is 8.20. The van der Waals surface area contributed by atoms with Crippen LogP contribution in [0.15, 0.2) is 30.3 Å². The van der Waals surface area contributed by atoms with E-state index in [-0.39, 0.29) is 0 Å². The fourth-order valence-electron chi connectivity index (χ4n) is 1.33. The van der Waals surface area contributed by atoms with Gasteiger partial charge in [0.05, 0.1) is 0 Å². The molecule has 0 radical (unpaired) electrons. The first-order valence-electron chi connectivity index (χ1n) is 4.51. The molecule has 0 aliphatic carbocycles. The molecule has 1 nitrogen and oxygen atoms in total. The van der Waals surface area contributed by atoms with Gasteiger partial charge in [-0.25, -0.2) is 0 Å². The van der Waals surface area contributed by atoms with Gasteiger partial charge in [-0.1, -0.05) is 46.3 Å². The Morgan fingerprint density at radius 3 is 2.38 bits per heavy atom. The SMILES string of the molecule is CN(C)CC(Br)Cc1ccccc1. The molecule has 1 aromatic rings. The van der Waals surface area contributed by atoms with E-state index in [1.165, 1.54) is 5.56 Å². The van der Waals surface area contributed by atoms with Gasteiger partial charge < -0.3 is 4.90 Å². The van der Waals surface area contributed by atoms with E-state index in [0.29, 0.717) is 4.83 Å². The van der Waals surface area contributed by atoms with Gasteiger partial charge in [-0.05, 0) is 26.1 Å². The summed E-state index contributed by atoms with van der Waals surface area (Å²) in [4.78, 5) is 2.74. The van der Waals surface area contributed by atoms with Crippen molar-refractivity contribution in [2.24, 2.45) is 0 Å². The van der Waals surface area contributed by atoms with Crippen molar-refractivity contribution in [1.29, 1.82) is 0 Å². The maximum atomic E-state index is 3.67. The molecule has 1 atom stereocenters. The molecule has 0 saturated carbocycles. The van der Waals surface area contributed by atoms with E-state index in [9.17, 15) is 0 Å². The summed E-state index contributed by atoms with van der Waals surface area (Å²) in [6.07, 6.45) is 1.10. The third-order valence-electron chi connectivity index (χ3n) is 1.86. The van der Waals surface area contributed by atoms with Gasteiger partial charge in [0.25, 0.3) is 0 Å². The Bertz CT molecular complexity index is 233. The lowest BCUT2D eigenvalue weighted by molar-refractivity contribution is 0.408. The number of benzene rings is 1. The topological polar surface area (TPSA) is 3.24 Å². The van der Waals surface area contributed by atoms with Gasteiger partial charge in [0.15, 0.2) is 0 Å². The smallest absolute Gasteiger partial charge is 0.0313 e. The van der Waals surface area contributed by atoms with Crippen LogP contribution in [0.3, 0.4) is 0 Å². The normalized spacial score (nSPS) is 13.2. The van der Waals surface area contributed by atoms with Crippen LogP contribution in [0.25, 0.3) is 0 Å². The van der Waals surface area contributed by atoms with E-state index in [2.05, 4.69) is 65.3 Å². The second kappa shape index (κ2) is 5.40. The molecule has 13 heavy (non-hydrogen) atoms. The van der Waals surface area contributed by atoms with Crippen LogP contribution >= 0.6 is 15.9 Å². The molecule has 72 valence electrons. The number of halogens is 1. The van der Waals surface area contributed by atoms with E-state index in [1.807, 2.05) is 0 Å². The average Bonchev–Trinajstić information content (AvgIpc) is 2.04. The van der Waals surface area contributed by atoms with Crippen LogP contribution in [0.4, 0.5) is 0 Å². The lowest BCUT2D eigenvalue weighted by Crippen LogP contribution is -2.23. The quantitative estimate of drug-likeness (QED) is 0.733. The van der Waals surface area contributed by atoms with Gasteiger partial charge in [-0.2, -0.15) is 0 Å². The number of rotatable bonds is 4. The molecule has 0 aliphatic heterocycles. The van der Waals surface area contributed by atoms with E-state index in [4.69, 9.17) is 0 Å². The lowest BCUT2D eigenvalue weighted by Gasteiger charge is -2.15. The van der Waals surface area contributed by atoms with Crippen LogP contribution in [0.2, 0.25) is 0 Å². The fraction of sp³-hybridized carbons (Fsp3) is 0.455. The van der Waals surface area contributed by atoms with Crippen LogP contribution in [0, 0.1) is 0 Å². The fourth-order valence-corrected chi connectivity index (χ4v) is 2.28. The Morgan fingerprint density at radius 1 is 1.23 bits per heavy atom. The molecule has 0 heterocycles. The summed E-state index contributed by atoms with van der Waals surface area (Å²) in [6.45, 7) is 1.08. The van der Waals surface area contributed by atoms with Crippen molar-refractivity contribution in [1.82, 2.24) is 4.90 Å². The van der Waals surface area contributed by atoms with E-state index < -0.39 is 0 Å². The molecule has 0 spiro atoms. The van der Waals surface area contributed by atoms with Crippen LogP contribution in [0.1, 0.15) is 5.56 Å². The average molecular weight is 242 g/mol. The van der Waals surface area contributed by atoms with Gasteiger partial charge in [0.2, 0.25) is 0 Å². The minimum Gasteiger partial charge on any atom is -0.308 e. The Labute approximate surface area is 88.9 Å². The molecular formula is C11H16BrN. The summed E-state index contributed by atoms with van der Waals surface area (Å²) >= 11 is 3.67. The summed E-state index contributed by atoms with van der Waals surface area (Å²) < 4.78 is 0. The van der Waals surface area contributed by atoms with Gasteiger partial charge >= 0.3 is 0 Å². The molecule has 0 fully saturated rings. The van der Waals surface area contributed by atoms with Gasteiger partial charge in [-0.3, -0.25) is 0 Å². The van der Waals surface area contributed by atoms with E-state index in [0.717, 1.165) is 13.0 Å². The third-order valence-corrected chi connectivity index (χ3v) is 2.48. The summed E-state index contributed by atoms with van der Waals surface area (Å²) in [5, 5.41) is 0. The zero-order valence-corrected chi connectivity index (χ0v) is 9.79. The predicted molar refractivity (Wildman–Crippen MR) is 61.4 cm³/mol. The third kappa shape index (κ3) is 4.44. The standard InChI is InChI=1S/C11H16BrN/c1-13(2)9-11(12)8-10-6-4-3-5-7-10/h3-7,11H,8-9H2,1-2H3. The maximum absolute atomic E-state index is 3.67. The first-order valence-corrected chi connectivity index (χ1v) is 5.43. The minimum atomic E-state index is 0.546. The van der Waals surface area contributed by atoms with Crippen LogP contribution in [0.5, 0.6) is 0 Å². The predicted octanol–water partition coefficient (Wildman–Crippen LogP) is 2.55. The molecular weight excluding hydrogens is 226 g/mol. The summed E-state index contributed by atoms with van der Waals surface area (Å²) in [7, 11) is 4.19. The number of hydrogen-bond donors (Lipinski definition) is 0. The summed E-state index contributed by atoms with van der Waals surface area (Å²) in [6, 6.07) is 10.6. The van der Waals surface area contributed by atoms with Gasteiger partial charge in [0, 0.05) is 11.4 Å². The first-order chi connectivity index (χ1) is 6.18. The minimum absolute atomic E-state index is 0.546. The molecule has 0 aromatic heterocycles. The van der Waals surface area contributed by atoms with Gasteiger partial charge in [-0.15, -0.1) is 0 Å². The Balaban J connectivity index is 2.41. The molecule has 1 aromatic carbocycles. The Kier molecular flexibility index (Phi) is 4.46. The molecule has 1 rings (SSSR count). The van der Waals surface area contributed by atoms with Crippen molar-refractivity contribution in [3.8, 4) is 0 Å². The van der Waals surface area contributed by atoms with Crippen molar-refractivity contribution in [2.45, 2.75) is 11.2 Å². The monoisotopic (exact) mass is 241 g/mol. The molecule has 0 saturated heterocycles. The Morgan fingerprint density at radius 2 is 1.85 bits per heavy atom. The Hall–Kier alpha value is -0.340.